The van der Waals surface area contributed by atoms with Gasteiger partial charge in [-0.05, 0) is 72.5 Å². The minimum atomic E-state index is 0.619. The van der Waals surface area contributed by atoms with Gasteiger partial charge in [-0.2, -0.15) is 0 Å². The fraction of sp³-hybridized carbons (Fsp3) is 1.00. The summed E-state index contributed by atoms with van der Waals surface area (Å²) in [6.07, 6.45) is 16.4. The molecule has 4 bridgehead atoms. The van der Waals surface area contributed by atoms with E-state index in [1.165, 1.54) is 70.6 Å². The Morgan fingerprint density at radius 2 is 1.24 bits per heavy atom. The first-order chi connectivity index (χ1) is 9.85. The van der Waals surface area contributed by atoms with Gasteiger partial charge in [-0.15, -0.1) is 0 Å². The molecule has 0 aromatic rings. The van der Waals surface area contributed by atoms with Crippen LogP contribution in [0.3, 0.4) is 0 Å². The smallest absolute Gasteiger partial charge is 0.0215 e. The predicted molar refractivity (Wildman–Crippen MR) is 92.4 cm³/mol. The summed E-state index contributed by atoms with van der Waals surface area (Å²) in [4.78, 5) is 0. The van der Waals surface area contributed by atoms with Crippen LogP contribution < -0.4 is 0 Å². The molecule has 0 aromatic heterocycles. The Labute approximate surface area is 133 Å². The molecule has 122 valence electrons. The van der Waals surface area contributed by atoms with Gasteiger partial charge in [-0.3, -0.25) is 0 Å². The quantitative estimate of drug-likeness (QED) is 0.526. The lowest BCUT2D eigenvalue weighted by molar-refractivity contribution is -0.101. The van der Waals surface area contributed by atoms with E-state index >= 15 is 0 Å². The van der Waals surface area contributed by atoms with Gasteiger partial charge in [0.2, 0.25) is 0 Å². The van der Waals surface area contributed by atoms with Crippen molar-refractivity contribution in [3.05, 3.63) is 0 Å². The van der Waals surface area contributed by atoms with Gasteiger partial charge >= 0.3 is 0 Å². The van der Waals surface area contributed by atoms with E-state index in [4.69, 9.17) is 0 Å². The van der Waals surface area contributed by atoms with E-state index < -0.39 is 0 Å². The zero-order chi connectivity index (χ0) is 15.4. The molecule has 0 aromatic carbocycles. The van der Waals surface area contributed by atoms with Crippen LogP contribution in [0.5, 0.6) is 0 Å². The molecule has 4 atom stereocenters. The van der Waals surface area contributed by atoms with E-state index in [0.717, 1.165) is 5.92 Å². The molecule has 0 aliphatic heterocycles. The van der Waals surface area contributed by atoms with E-state index in [0.29, 0.717) is 21.7 Å². The Kier molecular flexibility index (Phi) is 3.78. The second-order valence-electron chi connectivity index (χ2n) is 9.74. The highest BCUT2D eigenvalue weighted by molar-refractivity contribution is 5.12. The molecular formula is C21H38. The highest BCUT2D eigenvalue weighted by Gasteiger charge is 2.62. The Morgan fingerprint density at radius 1 is 0.667 bits per heavy atom. The van der Waals surface area contributed by atoms with Crippen LogP contribution in [-0.4, -0.2) is 0 Å². The van der Waals surface area contributed by atoms with Gasteiger partial charge in [0.25, 0.3) is 0 Å². The van der Waals surface area contributed by atoms with Crippen molar-refractivity contribution in [1.82, 2.24) is 0 Å². The van der Waals surface area contributed by atoms with Gasteiger partial charge in [0.15, 0.2) is 0 Å². The van der Waals surface area contributed by atoms with E-state index in [9.17, 15) is 0 Å². The van der Waals surface area contributed by atoms with Crippen molar-refractivity contribution < 1.29 is 0 Å². The highest BCUT2D eigenvalue weighted by atomic mass is 14.7. The molecule has 0 nitrogen and oxygen atoms in total. The second-order valence-corrected chi connectivity index (χ2v) is 9.74. The van der Waals surface area contributed by atoms with Crippen molar-refractivity contribution in [3.8, 4) is 0 Å². The molecule has 3 aliphatic rings. The summed E-state index contributed by atoms with van der Waals surface area (Å²) in [7, 11) is 0. The Bertz CT molecular complexity index is 395. The lowest BCUT2D eigenvalue weighted by Gasteiger charge is -2.60. The molecule has 3 saturated carbocycles. The van der Waals surface area contributed by atoms with Crippen LogP contribution in [0, 0.1) is 27.6 Å². The van der Waals surface area contributed by atoms with Gasteiger partial charge in [-0.25, -0.2) is 0 Å². The summed E-state index contributed by atoms with van der Waals surface area (Å²) >= 11 is 0. The van der Waals surface area contributed by atoms with Crippen LogP contribution in [-0.2, 0) is 0 Å². The molecule has 0 amide bonds. The second kappa shape index (κ2) is 5.00. The van der Waals surface area contributed by atoms with E-state index in [1.54, 1.807) is 0 Å². The molecular weight excluding hydrogens is 252 g/mol. The van der Waals surface area contributed by atoms with Crippen LogP contribution in [0.4, 0.5) is 0 Å². The third-order valence-corrected chi connectivity index (χ3v) is 9.14. The number of hydrogen-bond donors (Lipinski definition) is 0. The highest BCUT2D eigenvalue weighted by Crippen LogP contribution is 2.72. The normalized spacial score (nSPS) is 50.0. The van der Waals surface area contributed by atoms with Crippen LogP contribution in [0.25, 0.3) is 0 Å². The third kappa shape index (κ3) is 1.99. The van der Waals surface area contributed by atoms with Gasteiger partial charge in [0, 0.05) is 0 Å². The van der Waals surface area contributed by atoms with Crippen molar-refractivity contribution >= 4 is 0 Å². The SMILES string of the molecule is CCC(CC)C12CCCC(C)(CC1)C1(C)CCCC2(C)C1. The molecule has 0 heteroatoms. The first kappa shape index (κ1) is 15.9. The summed E-state index contributed by atoms with van der Waals surface area (Å²) in [6, 6.07) is 0. The summed E-state index contributed by atoms with van der Waals surface area (Å²) in [6.45, 7) is 13.0. The topological polar surface area (TPSA) is 0 Å². The van der Waals surface area contributed by atoms with Crippen molar-refractivity contribution in [2.45, 2.75) is 105 Å². The molecule has 0 radical (unpaired) electrons. The van der Waals surface area contributed by atoms with Crippen LogP contribution >= 0.6 is 0 Å². The number of fused-ring (bicyclic) bond motifs is 7. The maximum atomic E-state index is 2.71. The molecule has 4 unspecified atom stereocenters. The van der Waals surface area contributed by atoms with Crippen LogP contribution in [0.2, 0.25) is 0 Å². The van der Waals surface area contributed by atoms with Gasteiger partial charge in [0.1, 0.15) is 0 Å². The first-order valence-electron chi connectivity index (χ1n) is 9.85. The van der Waals surface area contributed by atoms with Crippen molar-refractivity contribution in [3.63, 3.8) is 0 Å². The van der Waals surface area contributed by atoms with E-state index in [2.05, 4.69) is 34.6 Å². The average molecular weight is 291 g/mol. The first-order valence-corrected chi connectivity index (χ1v) is 9.85. The zero-order valence-electron chi connectivity index (χ0n) is 15.4. The molecule has 0 heterocycles. The molecule has 3 aliphatic carbocycles. The van der Waals surface area contributed by atoms with Gasteiger partial charge in [0.05, 0.1) is 0 Å². The number of rotatable bonds is 3. The molecule has 0 N–H and O–H groups in total. The van der Waals surface area contributed by atoms with Gasteiger partial charge < -0.3 is 0 Å². The minimum absolute atomic E-state index is 0.619. The standard InChI is InChI=1S/C21H38/c1-6-17(7-2)21-13-9-10-18(3,14-15-21)19(4)11-8-12-20(21,5)16-19/h17H,6-16H2,1-5H3. The minimum Gasteiger partial charge on any atom is -0.0651 e. The fourth-order valence-corrected chi connectivity index (χ4v) is 7.57. The monoisotopic (exact) mass is 290 g/mol. The van der Waals surface area contributed by atoms with E-state index in [1.807, 2.05) is 0 Å². The molecule has 0 saturated heterocycles. The fourth-order valence-electron chi connectivity index (χ4n) is 7.57. The molecule has 0 spiro atoms. The Hall–Kier alpha value is 0. The van der Waals surface area contributed by atoms with Crippen LogP contribution in [0.1, 0.15) is 105 Å². The molecule has 3 rings (SSSR count). The predicted octanol–water partition coefficient (Wildman–Crippen LogP) is 6.98. The largest absolute Gasteiger partial charge is 0.0651 e. The lowest BCUT2D eigenvalue weighted by atomic mass is 9.45. The lowest BCUT2D eigenvalue weighted by Crippen LogP contribution is -2.51. The van der Waals surface area contributed by atoms with Crippen molar-refractivity contribution in [1.29, 1.82) is 0 Å². The average Bonchev–Trinajstić information content (AvgIpc) is 2.64. The summed E-state index contributed by atoms with van der Waals surface area (Å²) < 4.78 is 0. The zero-order valence-corrected chi connectivity index (χ0v) is 15.4. The number of hydrogen-bond acceptors (Lipinski definition) is 0. The van der Waals surface area contributed by atoms with Crippen molar-refractivity contribution in [2.75, 3.05) is 0 Å². The maximum absolute atomic E-state index is 2.71. The van der Waals surface area contributed by atoms with E-state index in [-0.39, 0.29) is 0 Å². The summed E-state index contributed by atoms with van der Waals surface area (Å²) in [5, 5.41) is 0. The summed E-state index contributed by atoms with van der Waals surface area (Å²) in [5.41, 5.74) is 2.52. The van der Waals surface area contributed by atoms with Crippen molar-refractivity contribution in [2.24, 2.45) is 27.6 Å². The molecule has 3 fully saturated rings. The van der Waals surface area contributed by atoms with Gasteiger partial charge in [-0.1, -0.05) is 60.3 Å². The molecule has 21 heavy (non-hydrogen) atoms. The summed E-state index contributed by atoms with van der Waals surface area (Å²) in [5.74, 6) is 0.963. The Balaban J connectivity index is 2.12. The third-order valence-electron chi connectivity index (χ3n) is 9.14. The van der Waals surface area contributed by atoms with Crippen LogP contribution in [0.15, 0.2) is 0 Å². The maximum Gasteiger partial charge on any atom is -0.0215 e. The Morgan fingerprint density at radius 3 is 1.90 bits per heavy atom.